The summed E-state index contributed by atoms with van der Waals surface area (Å²) < 4.78 is 32.7. The number of carbonyl (C=O) groups excluding carboxylic acids is 1. The molecule has 29 heavy (non-hydrogen) atoms. The van der Waals surface area contributed by atoms with Gasteiger partial charge in [0.2, 0.25) is 15.9 Å². The van der Waals surface area contributed by atoms with Gasteiger partial charge in [-0.1, -0.05) is 13.8 Å². The molecule has 1 amide bonds. The lowest BCUT2D eigenvalue weighted by Crippen LogP contribution is -2.36. The number of hydrogen-bond donors (Lipinski definition) is 0. The maximum absolute atomic E-state index is 13.2. The lowest BCUT2D eigenvalue weighted by molar-refractivity contribution is 0.0980. The molecule has 0 saturated carbocycles. The number of anilines is 1. The normalized spacial score (nSPS) is 14.0. The summed E-state index contributed by atoms with van der Waals surface area (Å²) in [6.07, 6.45) is 3.08. The van der Waals surface area contributed by atoms with Crippen molar-refractivity contribution in [3.8, 4) is 5.88 Å². The van der Waals surface area contributed by atoms with E-state index in [4.69, 9.17) is 4.74 Å². The standard InChI is InChI=1S/C21H27N3O4S/c1-4-23(5-2)29(26,27)17-11-12-19-16(15-17)9-8-14-24(19)21(25)18-10-7-13-22-20(18)28-6-3/h7,10-13,15H,4-6,8-9,14H2,1-3H3. The first-order chi connectivity index (χ1) is 13.9. The Morgan fingerprint density at radius 2 is 1.97 bits per heavy atom. The highest BCUT2D eigenvalue weighted by Gasteiger charge is 2.29. The molecule has 0 unspecified atom stereocenters. The Morgan fingerprint density at radius 1 is 1.21 bits per heavy atom. The summed E-state index contributed by atoms with van der Waals surface area (Å²) in [4.78, 5) is 19.3. The average Bonchev–Trinajstić information content (AvgIpc) is 2.73. The van der Waals surface area contributed by atoms with Gasteiger partial charge < -0.3 is 9.64 Å². The number of ether oxygens (including phenoxy) is 1. The first-order valence-electron chi connectivity index (χ1n) is 9.96. The number of hydrogen-bond acceptors (Lipinski definition) is 5. The third kappa shape index (κ3) is 4.13. The zero-order chi connectivity index (χ0) is 21.0. The van der Waals surface area contributed by atoms with Crippen LogP contribution in [0.5, 0.6) is 5.88 Å². The largest absolute Gasteiger partial charge is 0.477 e. The molecule has 0 atom stereocenters. The molecular formula is C21H27N3O4S. The second-order valence-electron chi connectivity index (χ2n) is 6.73. The van der Waals surface area contributed by atoms with Crippen LogP contribution < -0.4 is 9.64 Å². The molecule has 0 fully saturated rings. The molecule has 0 spiro atoms. The molecule has 0 N–H and O–H groups in total. The number of carbonyl (C=O) groups is 1. The fourth-order valence-corrected chi connectivity index (χ4v) is 5.12. The third-order valence-electron chi connectivity index (χ3n) is 5.04. The van der Waals surface area contributed by atoms with Crippen molar-refractivity contribution in [2.45, 2.75) is 38.5 Å². The Labute approximate surface area is 172 Å². The summed E-state index contributed by atoms with van der Waals surface area (Å²) in [7, 11) is -3.54. The van der Waals surface area contributed by atoms with E-state index in [0.717, 1.165) is 24.1 Å². The van der Waals surface area contributed by atoms with Crippen LogP contribution in [0, 0.1) is 0 Å². The number of pyridine rings is 1. The van der Waals surface area contributed by atoms with Gasteiger partial charge in [0.05, 0.1) is 11.5 Å². The van der Waals surface area contributed by atoms with E-state index < -0.39 is 10.0 Å². The van der Waals surface area contributed by atoms with Crippen molar-refractivity contribution in [1.29, 1.82) is 0 Å². The van der Waals surface area contributed by atoms with Crippen LogP contribution in [0.15, 0.2) is 41.4 Å². The van der Waals surface area contributed by atoms with Crippen LogP contribution in [0.2, 0.25) is 0 Å². The Morgan fingerprint density at radius 3 is 2.66 bits per heavy atom. The van der Waals surface area contributed by atoms with Crippen molar-refractivity contribution in [2.24, 2.45) is 0 Å². The molecule has 1 aliphatic heterocycles. The number of aryl methyl sites for hydroxylation is 1. The second-order valence-corrected chi connectivity index (χ2v) is 8.67. The average molecular weight is 418 g/mol. The van der Waals surface area contributed by atoms with Crippen molar-refractivity contribution in [3.63, 3.8) is 0 Å². The van der Waals surface area contributed by atoms with Crippen molar-refractivity contribution in [3.05, 3.63) is 47.7 Å². The van der Waals surface area contributed by atoms with Gasteiger partial charge in [-0.15, -0.1) is 0 Å². The summed E-state index contributed by atoms with van der Waals surface area (Å²) in [5, 5.41) is 0. The molecule has 0 bridgehead atoms. The maximum Gasteiger partial charge on any atom is 0.263 e. The van der Waals surface area contributed by atoms with Crippen LogP contribution >= 0.6 is 0 Å². The van der Waals surface area contributed by atoms with E-state index in [0.29, 0.717) is 37.7 Å². The Kier molecular flexibility index (Phi) is 6.54. The minimum Gasteiger partial charge on any atom is -0.477 e. The van der Waals surface area contributed by atoms with Gasteiger partial charge in [0.15, 0.2) is 0 Å². The molecule has 3 rings (SSSR count). The van der Waals surface area contributed by atoms with Gasteiger partial charge in [-0.05, 0) is 55.7 Å². The highest BCUT2D eigenvalue weighted by molar-refractivity contribution is 7.89. The van der Waals surface area contributed by atoms with E-state index in [1.165, 1.54) is 4.31 Å². The van der Waals surface area contributed by atoms with Gasteiger partial charge in [-0.2, -0.15) is 4.31 Å². The minimum atomic E-state index is -3.54. The number of amides is 1. The Balaban J connectivity index is 1.97. The molecule has 1 aromatic carbocycles. The van der Waals surface area contributed by atoms with Crippen molar-refractivity contribution in [2.75, 3.05) is 31.1 Å². The molecule has 7 nitrogen and oxygen atoms in total. The molecule has 0 radical (unpaired) electrons. The summed E-state index contributed by atoms with van der Waals surface area (Å²) in [5.41, 5.74) is 2.01. The molecule has 0 aliphatic carbocycles. The number of fused-ring (bicyclic) bond motifs is 1. The van der Waals surface area contributed by atoms with Gasteiger partial charge in [0.25, 0.3) is 5.91 Å². The van der Waals surface area contributed by atoms with Crippen LogP contribution in [0.3, 0.4) is 0 Å². The summed E-state index contributed by atoms with van der Waals surface area (Å²) >= 11 is 0. The van der Waals surface area contributed by atoms with Crippen molar-refractivity contribution >= 4 is 21.6 Å². The number of rotatable bonds is 7. The molecule has 2 aromatic rings. The predicted octanol–water partition coefficient (Wildman–Crippen LogP) is 3.10. The lowest BCUT2D eigenvalue weighted by Gasteiger charge is -2.30. The quantitative estimate of drug-likeness (QED) is 0.692. The monoisotopic (exact) mass is 417 g/mol. The SMILES string of the molecule is CCOc1ncccc1C(=O)N1CCCc2cc(S(=O)(=O)N(CC)CC)ccc21. The number of sulfonamides is 1. The lowest BCUT2D eigenvalue weighted by atomic mass is 10.0. The minimum absolute atomic E-state index is 0.193. The first-order valence-corrected chi connectivity index (χ1v) is 11.4. The molecule has 1 aliphatic rings. The summed E-state index contributed by atoms with van der Waals surface area (Å²) in [6.45, 7) is 7.31. The van der Waals surface area contributed by atoms with E-state index in [9.17, 15) is 13.2 Å². The zero-order valence-electron chi connectivity index (χ0n) is 17.1. The number of nitrogens with zero attached hydrogens (tertiary/aromatic N) is 3. The zero-order valence-corrected chi connectivity index (χ0v) is 17.9. The number of aromatic nitrogens is 1. The van der Waals surface area contributed by atoms with Crippen LogP contribution in [-0.4, -0.2) is 49.9 Å². The smallest absolute Gasteiger partial charge is 0.263 e. The molecule has 2 heterocycles. The topological polar surface area (TPSA) is 79.8 Å². The van der Waals surface area contributed by atoms with E-state index in [1.807, 2.05) is 20.8 Å². The molecular weight excluding hydrogens is 390 g/mol. The van der Waals surface area contributed by atoms with Crippen molar-refractivity contribution in [1.82, 2.24) is 9.29 Å². The molecule has 0 saturated heterocycles. The molecule has 1 aromatic heterocycles. The van der Waals surface area contributed by atoms with Gasteiger partial charge in [-0.3, -0.25) is 4.79 Å². The second kappa shape index (κ2) is 8.92. The fourth-order valence-electron chi connectivity index (χ4n) is 3.61. The van der Waals surface area contributed by atoms with E-state index in [1.54, 1.807) is 41.4 Å². The number of benzene rings is 1. The Hall–Kier alpha value is -2.45. The maximum atomic E-state index is 13.2. The Bertz CT molecular complexity index is 987. The van der Waals surface area contributed by atoms with E-state index in [-0.39, 0.29) is 10.8 Å². The predicted molar refractivity (Wildman–Crippen MR) is 112 cm³/mol. The van der Waals surface area contributed by atoms with Crippen LogP contribution in [0.1, 0.15) is 43.1 Å². The third-order valence-corrected chi connectivity index (χ3v) is 7.09. The van der Waals surface area contributed by atoms with Gasteiger partial charge in [-0.25, -0.2) is 13.4 Å². The fraction of sp³-hybridized carbons (Fsp3) is 0.429. The van der Waals surface area contributed by atoms with Crippen LogP contribution in [0.4, 0.5) is 5.69 Å². The van der Waals surface area contributed by atoms with Gasteiger partial charge in [0.1, 0.15) is 5.56 Å². The summed E-state index contributed by atoms with van der Waals surface area (Å²) in [6, 6.07) is 8.44. The van der Waals surface area contributed by atoms with Crippen LogP contribution in [-0.2, 0) is 16.4 Å². The molecule has 156 valence electrons. The van der Waals surface area contributed by atoms with E-state index in [2.05, 4.69) is 4.98 Å². The van der Waals surface area contributed by atoms with Crippen LogP contribution in [0.25, 0.3) is 0 Å². The highest BCUT2D eigenvalue weighted by Crippen LogP contribution is 2.32. The van der Waals surface area contributed by atoms with Gasteiger partial charge in [0, 0.05) is 31.5 Å². The summed E-state index contributed by atoms with van der Waals surface area (Å²) in [5.74, 6) is 0.120. The van der Waals surface area contributed by atoms with E-state index >= 15 is 0 Å². The highest BCUT2D eigenvalue weighted by atomic mass is 32.2. The molecule has 8 heteroatoms. The van der Waals surface area contributed by atoms with Crippen molar-refractivity contribution < 1.29 is 17.9 Å². The first kappa shape index (κ1) is 21.3. The van der Waals surface area contributed by atoms with Gasteiger partial charge >= 0.3 is 0 Å².